The van der Waals surface area contributed by atoms with Crippen LogP contribution in [0.5, 0.6) is 0 Å². The van der Waals surface area contributed by atoms with Crippen LogP contribution >= 0.6 is 0 Å². The molecule has 3 heteroatoms. The molecule has 26 heavy (non-hydrogen) atoms. The summed E-state index contributed by atoms with van der Waals surface area (Å²) in [7, 11) is 0. The summed E-state index contributed by atoms with van der Waals surface area (Å²) < 4.78 is 5.59. The summed E-state index contributed by atoms with van der Waals surface area (Å²) in [4.78, 5) is 2.58. The molecule has 1 aliphatic heterocycles. The molecule has 2 aliphatic rings. The van der Waals surface area contributed by atoms with Gasteiger partial charge in [-0.05, 0) is 30.9 Å². The smallest absolute Gasteiger partial charge is 0.0594 e. The number of hydrogen-bond acceptors (Lipinski definition) is 3. The summed E-state index contributed by atoms with van der Waals surface area (Å²) in [6.07, 6.45) is 2.59. The molecular weight excluding hydrogens is 320 g/mol. The van der Waals surface area contributed by atoms with Crippen molar-refractivity contribution in [1.29, 1.82) is 0 Å². The van der Waals surface area contributed by atoms with E-state index in [-0.39, 0.29) is 0 Å². The van der Waals surface area contributed by atoms with Crippen molar-refractivity contribution >= 4 is 0 Å². The number of morpholine rings is 1. The Morgan fingerprint density at radius 2 is 1.58 bits per heavy atom. The highest BCUT2D eigenvalue weighted by molar-refractivity contribution is 5.32. The van der Waals surface area contributed by atoms with Gasteiger partial charge in [0.2, 0.25) is 0 Å². The number of nitrogens with one attached hydrogen (secondary N) is 1. The number of nitrogens with zero attached hydrogens (tertiary/aromatic N) is 1. The Labute approximate surface area is 157 Å². The van der Waals surface area contributed by atoms with Gasteiger partial charge >= 0.3 is 0 Å². The van der Waals surface area contributed by atoms with Crippen molar-refractivity contribution in [3.05, 3.63) is 71.8 Å². The van der Waals surface area contributed by atoms with E-state index in [9.17, 15) is 0 Å². The zero-order valence-corrected chi connectivity index (χ0v) is 15.7. The third-order valence-electron chi connectivity index (χ3n) is 6.06. The van der Waals surface area contributed by atoms with Crippen LogP contribution in [0.4, 0.5) is 0 Å². The Hall–Kier alpha value is -1.68. The molecule has 2 aromatic rings. The second-order valence-electron chi connectivity index (χ2n) is 7.82. The fraction of sp³-hybridized carbons (Fsp3) is 0.478. The molecule has 1 heterocycles. The van der Waals surface area contributed by atoms with Gasteiger partial charge in [0.1, 0.15) is 0 Å². The van der Waals surface area contributed by atoms with E-state index in [1.807, 2.05) is 0 Å². The standard InChI is InChI=1S/C23H30N2O/c1-19(24-18-23(12-13-23)21-10-6-3-7-11-21)22(20-8-4-2-5-9-20)25-14-16-26-17-15-25/h2-11,19,22,24H,12-18H2,1H3/t19-,22-/m1/s1. The van der Waals surface area contributed by atoms with Crippen LogP contribution in [0.25, 0.3) is 0 Å². The van der Waals surface area contributed by atoms with Gasteiger partial charge in [-0.3, -0.25) is 4.90 Å². The van der Waals surface area contributed by atoms with E-state index in [2.05, 4.69) is 77.8 Å². The molecule has 138 valence electrons. The number of benzene rings is 2. The van der Waals surface area contributed by atoms with Crippen molar-refractivity contribution in [2.45, 2.75) is 37.3 Å². The van der Waals surface area contributed by atoms with Gasteiger partial charge in [0, 0.05) is 31.1 Å². The number of ether oxygens (including phenoxy) is 1. The van der Waals surface area contributed by atoms with E-state index in [0.717, 1.165) is 32.8 Å². The highest BCUT2D eigenvalue weighted by Gasteiger charge is 2.44. The summed E-state index contributed by atoms with van der Waals surface area (Å²) in [5, 5.41) is 3.90. The molecule has 0 amide bonds. The lowest BCUT2D eigenvalue weighted by molar-refractivity contribution is 0.00853. The molecule has 1 saturated carbocycles. The first-order chi connectivity index (χ1) is 12.8. The fourth-order valence-corrected chi connectivity index (χ4v) is 4.30. The minimum atomic E-state index is 0.349. The largest absolute Gasteiger partial charge is 0.379 e. The molecule has 3 nitrogen and oxygen atoms in total. The van der Waals surface area contributed by atoms with Gasteiger partial charge in [0.05, 0.1) is 19.3 Å². The maximum atomic E-state index is 5.59. The predicted octanol–water partition coefficient (Wildman–Crippen LogP) is 3.77. The van der Waals surface area contributed by atoms with Crippen LogP contribution in [0.3, 0.4) is 0 Å². The monoisotopic (exact) mass is 350 g/mol. The van der Waals surface area contributed by atoms with Gasteiger partial charge in [-0.1, -0.05) is 60.7 Å². The third kappa shape index (κ3) is 3.85. The van der Waals surface area contributed by atoms with E-state index in [1.165, 1.54) is 24.0 Å². The van der Waals surface area contributed by atoms with Gasteiger partial charge < -0.3 is 10.1 Å². The summed E-state index contributed by atoms with van der Waals surface area (Å²) in [6, 6.07) is 22.8. The first-order valence-electron chi connectivity index (χ1n) is 9.94. The second-order valence-corrected chi connectivity index (χ2v) is 7.82. The van der Waals surface area contributed by atoms with Crippen LogP contribution in [0.1, 0.15) is 36.9 Å². The van der Waals surface area contributed by atoms with Crippen molar-refractivity contribution in [2.24, 2.45) is 0 Å². The molecule has 2 aromatic carbocycles. The molecule has 0 spiro atoms. The van der Waals surface area contributed by atoms with Gasteiger partial charge in [-0.25, -0.2) is 0 Å². The van der Waals surface area contributed by atoms with Gasteiger partial charge in [-0.2, -0.15) is 0 Å². The molecule has 0 aromatic heterocycles. The highest BCUT2D eigenvalue weighted by Crippen LogP contribution is 2.47. The van der Waals surface area contributed by atoms with Crippen molar-refractivity contribution < 1.29 is 4.74 Å². The van der Waals surface area contributed by atoms with Crippen LogP contribution < -0.4 is 5.32 Å². The van der Waals surface area contributed by atoms with Gasteiger partial charge in [-0.15, -0.1) is 0 Å². The van der Waals surface area contributed by atoms with E-state index in [1.54, 1.807) is 0 Å². The Kier molecular flexibility index (Phi) is 5.39. The first kappa shape index (κ1) is 17.7. The lowest BCUT2D eigenvalue weighted by Gasteiger charge is -2.39. The minimum Gasteiger partial charge on any atom is -0.379 e. The molecule has 0 bridgehead atoms. The Bertz CT molecular complexity index is 678. The van der Waals surface area contributed by atoms with Gasteiger partial charge in [0.25, 0.3) is 0 Å². The van der Waals surface area contributed by atoms with Crippen LogP contribution in [0.2, 0.25) is 0 Å². The average Bonchev–Trinajstić information content (AvgIpc) is 3.50. The lowest BCUT2D eigenvalue weighted by Crippen LogP contribution is -2.48. The Morgan fingerprint density at radius 3 is 2.19 bits per heavy atom. The van der Waals surface area contributed by atoms with Crippen LogP contribution in [-0.4, -0.2) is 43.8 Å². The Morgan fingerprint density at radius 1 is 0.962 bits per heavy atom. The number of rotatable bonds is 7. The van der Waals surface area contributed by atoms with Crippen molar-refractivity contribution in [3.8, 4) is 0 Å². The molecule has 0 radical (unpaired) electrons. The summed E-state index contributed by atoms with van der Waals surface area (Å²) in [5.74, 6) is 0. The van der Waals surface area contributed by atoms with Crippen LogP contribution in [-0.2, 0) is 10.2 Å². The highest BCUT2D eigenvalue weighted by atomic mass is 16.5. The van der Waals surface area contributed by atoms with Crippen LogP contribution in [0.15, 0.2) is 60.7 Å². The molecule has 2 atom stereocenters. The Balaban J connectivity index is 1.47. The summed E-state index contributed by atoms with van der Waals surface area (Å²) >= 11 is 0. The average molecular weight is 351 g/mol. The first-order valence-corrected chi connectivity index (χ1v) is 9.94. The third-order valence-corrected chi connectivity index (χ3v) is 6.06. The topological polar surface area (TPSA) is 24.5 Å². The molecule has 2 fully saturated rings. The summed E-state index contributed by atoms with van der Waals surface area (Å²) in [5.41, 5.74) is 3.24. The SMILES string of the molecule is C[C@@H](NCC1(c2ccccc2)CC1)[C@H](c1ccccc1)N1CCOCC1. The second kappa shape index (κ2) is 7.91. The van der Waals surface area contributed by atoms with Crippen molar-refractivity contribution in [1.82, 2.24) is 10.2 Å². The normalized spacial score (nSPS) is 21.9. The molecule has 1 aliphatic carbocycles. The number of hydrogen-bond donors (Lipinski definition) is 1. The molecular formula is C23H30N2O. The molecule has 0 unspecified atom stereocenters. The van der Waals surface area contributed by atoms with E-state index in [0.29, 0.717) is 17.5 Å². The van der Waals surface area contributed by atoms with E-state index < -0.39 is 0 Å². The van der Waals surface area contributed by atoms with E-state index >= 15 is 0 Å². The van der Waals surface area contributed by atoms with Gasteiger partial charge in [0.15, 0.2) is 0 Å². The maximum Gasteiger partial charge on any atom is 0.0594 e. The minimum absolute atomic E-state index is 0.349. The zero-order chi connectivity index (χ0) is 17.8. The van der Waals surface area contributed by atoms with E-state index in [4.69, 9.17) is 4.74 Å². The van der Waals surface area contributed by atoms with Crippen LogP contribution in [0, 0.1) is 0 Å². The zero-order valence-electron chi connectivity index (χ0n) is 15.7. The van der Waals surface area contributed by atoms with Crippen molar-refractivity contribution in [2.75, 3.05) is 32.8 Å². The van der Waals surface area contributed by atoms with Crippen molar-refractivity contribution in [3.63, 3.8) is 0 Å². The quantitative estimate of drug-likeness (QED) is 0.823. The lowest BCUT2D eigenvalue weighted by atomic mass is 9.94. The fourth-order valence-electron chi connectivity index (χ4n) is 4.30. The maximum absolute atomic E-state index is 5.59. The molecule has 4 rings (SSSR count). The predicted molar refractivity (Wildman–Crippen MR) is 106 cm³/mol. The molecule has 1 saturated heterocycles. The summed E-state index contributed by atoms with van der Waals surface area (Å²) in [6.45, 7) is 7.10. The molecule has 1 N–H and O–H groups in total.